The van der Waals surface area contributed by atoms with Gasteiger partial charge in [-0.15, -0.1) is 0 Å². The van der Waals surface area contributed by atoms with Crippen molar-refractivity contribution >= 4 is 5.91 Å². The highest BCUT2D eigenvalue weighted by molar-refractivity contribution is 5.78. The topological polar surface area (TPSA) is 74.3 Å². The molecule has 134 valence electrons. The Balaban J connectivity index is 1.75. The van der Waals surface area contributed by atoms with E-state index in [4.69, 9.17) is 4.74 Å². The van der Waals surface area contributed by atoms with Gasteiger partial charge in [0.25, 0.3) is 0 Å². The molecule has 1 aromatic heterocycles. The highest BCUT2D eigenvalue weighted by Crippen LogP contribution is 2.25. The lowest BCUT2D eigenvalue weighted by Crippen LogP contribution is -2.39. The second-order valence-electron chi connectivity index (χ2n) is 6.37. The van der Waals surface area contributed by atoms with Gasteiger partial charge in [0.15, 0.2) is 5.82 Å². The summed E-state index contributed by atoms with van der Waals surface area (Å²) >= 11 is 0. The minimum atomic E-state index is -0.117. The van der Waals surface area contributed by atoms with E-state index in [1.54, 1.807) is 7.11 Å². The molecular weight excluding hydrogens is 318 g/mol. The second-order valence-corrected chi connectivity index (χ2v) is 6.37. The van der Waals surface area contributed by atoms with E-state index in [9.17, 15) is 4.79 Å². The maximum Gasteiger partial charge on any atom is 0.249 e. The number of ether oxygens (including phenoxy) is 1. The molecule has 3 rings (SSSR count). The van der Waals surface area contributed by atoms with E-state index in [1.807, 2.05) is 17.9 Å². The summed E-state index contributed by atoms with van der Waals surface area (Å²) in [6, 6.07) is 10.3. The molecule has 1 N–H and O–H groups in total. The summed E-state index contributed by atoms with van der Waals surface area (Å²) in [5.41, 5.74) is 1.28. The minimum absolute atomic E-state index is 0.0171. The second kappa shape index (κ2) is 8.22. The molecule has 0 saturated carbocycles. The normalized spacial score (nSPS) is 19.0. The zero-order valence-corrected chi connectivity index (χ0v) is 14.8. The highest BCUT2D eigenvalue weighted by Gasteiger charge is 2.31. The average Bonchev–Trinajstić information content (AvgIpc) is 2.93. The molecule has 1 saturated heterocycles. The summed E-state index contributed by atoms with van der Waals surface area (Å²) in [7, 11) is 1.55. The molecule has 0 radical (unpaired) electrons. The molecule has 2 heterocycles. The van der Waals surface area contributed by atoms with Crippen molar-refractivity contribution in [2.45, 2.75) is 25.9 Å². The van der Waals surface area contributed by atoms with Crippen LogP contribution in [0.1, 0.15) is 29.7 Å². The maximum atomic E-state index is 12.5. The Morgan fingerprint density at radius 2 is 2.08 bits per heavy atom. The Morgan fingerprint density at radius 1 is 1.28 bits per heavy atom. The smallest absolute Gasteiger partial charge is 0.249 e. The summed E-state index contributed by atoms with van der Waals surface area (Å²) < 4.78 is 5.06. The van der Waals surface area contributed by atoms with Gasteiger partial charge < -0.3 is 9.64 Å². The van der Waals surface area contributed by atoms with Crippen molar-refractivity contribution in [1.29, 1.82) is 0 Å². The number of H-pyrrole nitrogens is 1. The predicted molar refractivity (Wildman–Crippen MR) is 93.8 cm³/mol. The van der Waals surface area contributed by atoms with Crippen LogP contribution >= 0.6 is 0 Å². The SMILES string of the molecule is COCC(=O)N1CCN(Cc2ccccc2)CCC1c1n[nH]c(C)n1. The number of hydrogen-bond acceptors (Lipinski definition) is 5. The van der Waals surface area contributed by atoms with Gasteiger partial charge in [-0.1, -0.05) is 30.3 Å². The fourth-order valence-corrected chi connectivity index (χ4v) is 3.26. The molecule has 1 atom stereocenters. The van der Waals surface area contributed by atoms with Crippen LogP contribution in [0.5, 0.6) is 0 Å². The fraction of sp³-hybridized carbons (Fsp3) is 0.500. The van der Waals surface area contributed by atoms with Gasteiger partial charge in [-0.25, -0.2) is 4.98 Å². The first-order chi connectivity index (χ1) is 12.2. The average molecular weight is 343 g/mol. The van der Waals surface area contributed by atoms with Gasteiger partial charge in [0.05, 0.1) is 6.04 Å². The van der Waals surface area contributed by atoms with E-state index in [0.717, 1.165) is 31.9 Å². The van der Waals surface area contributed by atoms with Crippen molar-refractivity contribution in [3.63, 3.8) is 0 Å². The molecule has 2 aromatic rings. The highest BCUT2D eigenvalue weighted by atomic mass is 16.5. The van der Waals surface area contributed by atoms with Gasteiger partial charge >= 0.3 is 0 Å². The monoisotopic (exact) mass is 343 g/mol. The lowest BCUT2D eigenvalue weighted by Gasteiger charge is -2.27. The Bertz CT molecular complexity index is 688. The van der Waals surface area contributed by atoms with Crippen molar-refractivity contribution in [3.8, 4) is 0 Å². The lowest BCUT2D eigenvalue weighted by atomic mass is 10.1. The zero-order valence-electron chi connectivity index (χ0n) is 14.8. The number of aryl methyl sites for hydroxylation is 1. The number of carbonyl (C=O) groups excluding carboxylic acids is 1. The van der Waals surface area contributed by atoms with Gasteiger partial charge in [0.1, 0.15) is 12.4 Å². The Kier molecular flexibility index (Phi) is 5.78. The fourth-order valence-electron chi connectivity index (χ4n) is 3.26. The molecule has 0 bridgehead atoms. The van der Waals surface area contributed by atoms with Crippen molar-refractivity contribution in [1.82, 2.24) is 25.0 Å². The molecule has 1 aromatic carbocycles. The molecule has 0 spiro atoms. The molecule has 1 fully saturated rings. The Morgan fingerprint density at radius 3 is 2.76 bits per heavy atom. The number of carbonyl (C=O) groups is 1. The van der Waals surface area contributed by atoms with Crippen LogP contribution < -0.4 is 0 Å². The van der Waals surface area contributed by atoms with Crippen LogP contribution in [-0.2, 0) is 16.1 Å². The molecule has 1 aliphatic heterocycles. The molecular formula is C18H25N5O2. The van der Waals surface area contributed by atoms with Crippen LogP contribution in [0.4, 0.5) is 0 Å². The number of hydrogen-bond donors (Lipinski definition) is 1. The van der Waals surface area contributed by atoms with E-state index in [-0.39, 0.29) is 18.6 Å². The van der Waals surface area contributed by atoms with Crippen LogP contribution in [0.3, 0.4) is 0 Å². The third kappa shape index (κ3) is 4.43. The van der Waals surface area contributed by atoms with Gasteiger partial charge in [-0.2, -0.15) is 5.10 Å². The predicted octanol–water partition coefficient (Wildman–Crippen LogP) is 1.54. The molecule has 1 unspecified atom stereocenters. The van der Waals surface area contributed by atoms with Crippen molar-refractivity contribution in [2.75, 3.05) is 33.4 Å². The molecule has 1 aliphatic rings. The lowest BCUT2D eigenvalue weighted by molar-refractivity contribution is -0.137. The number of aromatic nitrogens is 3. The van der Waals surface area contributed by atoms with Gasteiger partial charge in [0.2, 0.25) is 5.91 Å². The Labute approximate surface area is 148 Å². The van der Waals surface area contributed by atoms with Gasteiger partial charge in [-0.05, 0) is 18.9 Å². The van der Waals surface area contributed by atoms with E-state index in [2.05, 4.69) is 44.3 Å². The summed E-state index contributed by atoms with van der Waals surface area (Å²) in [4.78, 5) is 21.2. The third-order valence-corrected chi connectivity index (χ3v) is 4.50. The van der Waals surface area contributed by atoms with Crippen molar-refractivity contribution < 1.29 is 9.53 Å². The standard InChI is InChI=1S/C18H25N5O2/c1-14-19-18(21-20-14)16-8-9-22(12-15-6-4-3-5-7-15)10-11-23(16)17(24)13-25-2/h3-7,16H,8-13H2,1-2H3,(H,19,20,21). The number of nitrogens with one attached hydrogen (secondary N) is 1. The van der Waals surface area contributed by atoms with Crippen LogP contribution in [0.25, 0.3) is 0 Å². The number of nitrogens with zero attached hydrogens (tertiary/aromatic N) is 4. The molecule has 0 aliphatic carbocycles. The number of methoxy groups -OCH3 is 1. The number of amides is 1. The summed E-state index contributed by atoms with van der Waals surface area (Å²) in [5.74, 6) is 1.43. The summed E-state index contributed by atoms with van der Waals surface area (Å²) in [5, 5.41) is 7.18. The summed E-state index contributed by atoms with van der Waals surface area (Å²) in [6.45, 7) is 5.20. The Hall–Kier alpha value is -2.25. The van der Waals surface area contributed by atoms with E-state index < -0.39 is 0 Å². The maximum absolute atomic E-state index is 12.5. The molecule has 25 heavy (non-hydrogen) atoms. The quantitative estimate of drug-likeness (QED) is 0.891. The van der Waals surface area contributed by atoms with Crippen molar-refractivity contribution in [3.05, 3.63) is 47.5 Å². The number of benzene rings is 1. The van der Waals surface area contributed by atoms with E-state index >= 15 is 0 Å². The minimum Gasteiger partial charge on any atom is -0.375 e. The van der Waals surface area contributed by atoms with Crippen LogP contribution in [0.15, 0.2) is 30.3 Å². The van der Waals surface area contributed by atoms with Crippen LogP contribution in [0.2, 0.25) is 0 Å². The van der Waals surface area contributed by atoms with Gasteiger partial charge in [0, 0.05) is 33.3 Å². The first kappa shape index (κ1) is 17.6. The van der Waals surface area contributed by atoms with Gasteiger partial charge in [-0.3, -0.25) is 14.8 Å². The largest absolute Gasteiger partial charge is 0.375 e. The summed E-state index contributed by atoms with van der Waals surface area (Å²) in [6.07, 6.45) is 0.805. The third-order valence-electron chi connectivity index (χ3n) is 4.50. The van der Waals surface area contributed by atoms with Crippen LogP contribution in [-0.4, -0.2) is 64.2 Å². The first-order valence-electron chi connectivity index (χ1n) is 8.61. The number of rotatable bonds is 5. The molecule has 7 heteroatoms. The van der Waals surface area contributed by atoms with Crippen LogP contribution in [0, 0.1) is 6.92 Å². The van der Waals surface area contributed by atoms with E-state index in [1.165, 1.54) is 5.56 Å². The first-order valence-corrected chi connectivity index (χ1v) is 8.61. The molecule has 7 nitrogen and oxygen atoms in total. The van der Waals surface area contributed by atoms with E-state index in [0.29, 0.717) is 12.4 Å². The number of aromatic amines is 1. The molecule has 1 amide bonds. The zero-order chi connectivity index (χ0) is 17.6. The van der Waals surface area contributed by atoms with Crippen molar-refractivity contribution in [2.24, 2.45) is 0 Å².